The highest BCUT2D eigenvalue weighted by Gasteiger charge is 2.59. The first-order valence-corrected chi connectivity index (χ1v) is 7.74. The third-order valence-electron chi connectivity index (χ3n) is 5.29. The second-order valence-electron chi connectivity index (χ2n) is 6.76. The minimum atomic E-state index is -0.114. The molecule has 2 amide bonds. The van der Waals surface area contributed by atoms with Crippen molar-refractivity contribution in [3.05, 3.63) is 42.0 Å². The van der Waals surface area contributed by atoms with Gasteiger partial charge in [-0.15, -0.1) is 0 Å². The van der Waals surface area contributed by atoms with Crippen LogP contribution in [-0.2, 0) is 9.59 Å². The first kappa shape index (κ1) is 12.8. The van der Waals surface area contributed by atoms with E-state index in [1.807, 2.05) is 24.3 Å². The normalized spacial score (nSPS) is 33.4. The zero-order chi connectivity index (χ0) is 14.7. The molecule has 2 bridgehead atoms. The lowest BCUT2D eigenvalue weighted by Crippen LogP contribution is -2.32. The summed E-state index contributed by atoms with van der Waals surface area (Å²) in [5.41, 5.74) is 1.95. The minimum absolute atomic E-state index is 0.000790. The van der Waals surface area contributed by atoms with Crippen LogP contribution >= 0.6 is 0 Å². The Morgan fingerprint density at radius 3 is 1.95 bits per heavy atom. The number of hydrogen-bond donors (Lipinski definition) is 0. The topological polar surface area (TPSA) is 37.4 Å². The molecular formula is C18H19NO2. The predicted octanol–water partition coefficient (Wildman–Crippen LogP) is 3.12. The van der Waals surface area contributed by atoms with Crippen LogP contribution in [0.25, 0.3) is 0 Å². The van der Waals surface area contributed by atoms with Crippen LogP contribution in [0.2, 0.25) is 0 Å². The Labute approximate surface area is 124 Å². The Hall–Kier alpha value is -1.90. The van der Waals surface area contributed by atoms with Crippen molar-refractivity contribution >= 4 is 17.5 Å². The van der Waals surface area contributed by atoms with Crippen molar-refractivity contribution in [3.8, 4) is 0 Å². The Bertz CT molecular complexity index is 614. The number of benzene rings is 1. The van der Waals surface area contributed by atoms with E-state index in [1.165, 1.54) is 10.5 Å². The van der Waals surface area contributed by atoms with E-state index in [9.17, 15) is 9.59 Å². The van der Waals surface area contributed by atoms with Crippen molar-refractivity contribution < 1.29 is 9.59 Å². The van der Waals surface area contributed by atoms with Gasteiger partial charge < -0.3 is 0 Å². The number of imide groups is 1. The third-order valence-corrected chi connectivity index (χ3v) is 5.29. The van der Waals surface area contributed by atoms with E-state index in [0.717, 1.165) is 12.1 Å². The van der Waals surface area contributed by atoms with Gasteiger partial charge in [-0.05, 0) is 41.9 Å². The van der Waals surface area contributed by atoms with Crippen LogP contribution in [-0.4, -0.2) is 11.8 Å². The van der Waals surface area contributed by atoms with E-state index in [4.69, 9.17) is 0 Å². The summed E-state index contributed by atoms with van der Waals surface area (Å²) in [6, 6.07) is 7.84. The Balaban J connectivity index is 1.68. The molecule has 1 heterocycles. The van der Waals surface area contributed by atoms with Crippen molar-refractivity contribution in [3.63, 3.8) is 0 Å². The molecular weight excluding hydrogens is 262 g/mol. The average Bonchev–Trinajstić information content (AvgIpc) is 3.13. The molecule has 1 saturated carbocycles. The van der Waals surface area contributed by atoms with Gasteiger partial charge >= 0.3 is 0 Å². The lowest BCUT2D eigenvalue weighted by Gasteiger charge is -2.18. The molecule has 1 aromatic carbocycles. The van der Waals surface area contributed by atoms with Crippen molar-refractivity contribution in [1.82, 2.24) is 0 Å². The Kier molecular flexibility index (Phi) is 2.62. The summed E-state index contributed by atoms with van der Waals surface area (Å²) in [5, 5.41) is 0. The van der Waals surface area contributed by atoms with Crippen LogP contribution in [0.1, 0.15) is 31.7 Å². The monoisotopic (exact) mass is 281 g/mol. The van der Waals surface area contributed by atoms with E-state index >= 15 is 0 Å². The number of rotatable bonds is 2. The van der Waals surface area contributed by atoms with Crippen molar-refractivity contribution in [1.29, 1.82) is 0 Å². The van der Waals surface area contributed by atoms with Crippen molar-refractivity contribution in [2.24, 2.45) is 23.7 Å². The van der Waals surface area contributed by atoms with E-state index in [1.54, 1.807) is 0 Å². The van der Waals surface area contributed by atoms with Gasteiger partial charge in [-0.2, -0.15) is 0 Å². The number of allylic oxidation sites excluding steroid dienone is 2. The molecule has 4 rings (SSSR count). The summed E-state index contributed by atoms with van der Waals surface area (Å²) < 4.78 is 0. The third kappa shape index (κ3) is 1.66. The SMILES string of the molecule is CC(C)c1ccc(N2C(=O)[C@@H]3[C@H](C2=O)[C@H]2C=C[C@H]3C2)cc1. The second kappa shape index (κ2) is 4.30. The minimum Gasteiger partial charge on any atom is -0.274 e. The molecule has 0 unspecified atom stereocenters. The van der Waals surface area contributed by atoms with Crippen molar-refractivity contribution in [2.45, 2.75) is 26.2 Å². The van der Waals surface area contributed by atoms with Gasteiger partial charge in [0.1, 0.15) is 0 Å². The highest BCUT2D eigenvalue weighted by atomic mass is 16.2. The molecule has 1 aliphatic heterocycles. The number of amides is 2. The maximum atomic E-state index is 12.7. The number of fused-ring (bicyclic) bond motifs is 5. The quantitative estimate of drug-likeness (QED) is 0.617. The molecule has 0 N–H and O–H groups in total. The van der Waals surface area contributed by atoms with E-state index in [0.29, 0.717) is 5.92 Å². The van der Waals surface area contributed by atoms with Crippen molar-refractivity contribution in [2.75, 3.05) is 4.90 Å². The molecule has 4 atom stereocenters. The van der Waals surface area contributed by atoms with E-state index in [-0.39, 0.29) is 35.5 Å². The zero-order valence-electron chi connectivity index (χ0n) is 12.3. The smallest absolute Gasteiger partial charge is 0.238 e. The van der Waals surface area contributed by atoms with E-state index < -0.39 is 0 Å². The van der Waals surface area contributed by atoms with Crippen LogP contribution < -0.4 is 4.90 Å². The Morgan fingerprint density at radius 1 is 0.952 bits per heavy atom. The van der Waals surface area contributed by atoms with Gasteiger partial charge in [0.15, 0.2) is 0 Å². The molecule has 2 fully saturated rings. The molecule has 0 spiro atoms. The highest BCUT2D eigenvalue weighted by molar-refractivity contribution is 6.22. The van der Waals surface area contributed by atoms with Gasteiger partial charge in [0, 0.05) is 0 Å². The van der Waals surface area contributed by atoms with Crippen LogP contribution in [0.5, 0.6) is 0 Å². The highest BCUT2D eigenvalue weighted by Crippen LogP contribution is 2.53. The molecule has 0 aromatic heterocycles. The number of anilines is 1. The standard InChI is InChI=1S/C18H19NO2/c1-10(2)11-5-7-14(8-6-11)19-17(20)15-12-3-4-13(9-12)16(15)18(19)21/h3-8,10,12-13,15-16H,9H2,1-2H3/t12-,13-,15-,16+/m0/s1. The van der Waals surface area contributed by atoms with Gasteiger partial charge in [-0.25, -0.2) is 0 Å². The number of carbonyl (C=O) groups is 2. The van der Waals surface area contributed by atoms with Gasteiger partial charge in [-0.1, -0.05) is 38.1 Å². The Morgan fingerprint density at radius 2 is 1.48 bits per heavy atom. The second-order valence-corrected chi connectivity index (χ2v) is 6.76. The lowest BCUT2D eigenvalue weighted by atomic mass is 9.85. The molecule has 3 aliphatic rings. The molecule has 3 nitrogen and oxygen atoms in total. The van der Waals surface area contributed by atoms with E-state index in [2.05, 4.69) is 26.0 Å². The van der Waals surface area contributed by atoms with Crippen LogP contribution in [0.3, 0.4) is 0 Å². The summed E-state index contributed by atoms with van der Waals surface area (Å²) in [4.78, 5) is 26.8. The van der Waals surface area contributed by atoms with Crippen LogP contribution in [0, 0.1) is 23.7 Å². The summed E-state index contributed by atoms with van der Waals surface area (Å²) in [5.74, 6) is 0.768. The maximum Gasteiger partial charge on any atom is 0.238 e. The lowest BCUT2D eigenvalue weighted by molar-refractivity contribution is -0.123. The largest absolute Gasteiger partial charge is 0.274 e. The number of hydrogen-bond acceptors (Lipinski definition) is 2. The molecule has 2 aliphatic carbocycles. The first-order chi connectivity index (χ1) is 10.1. The summed E-state index contributed by atoms with van der Waals surface area (Å²) >= 11 is 0. The number of nitrogens with zero attached hydrogens (tertiary/aromatic N) is 1. The fourth-order valence-electron chi connectivity index (χ4n) is 4.17. The molecule has 1 aromatic rings. The summed E-state index contributed by atoms with van der Waals surface area (Å²) in [6.45, 7) is 4.27. The average molecular weight is 281 g/mol. The molecule has 3 heteroatoms. The fraction of sp³-hybridized carbons (Fsp3) is 0.444. The predicted molar refractivity (Wildman–Crippen MR) is 80.7 cm³/mol. The summed E-state index contributed by atoms with van der Waals surface area (Å²) in [6.07, 6.45) is 5.23. The van der Waals surface area contributed by atoms with Gasteiger partial charge in [0.2, 0.25) is 11.8 Å². The molecule has 0 radical (unpaired) electrons. The molecule has 1 saturated heterocycles. The maximum absolute atomic E-state index is 12.7. The first-order valence-electron chi connectivity index (χ1n) is 7.74. The van der Waals surface area contributed by atoms with Gasteiger partial charge in [0.25, 0.3) is 0 Å². The number of carbonyl (C=O) groups excluding carboxylic acids is 2. The molecule has 108 valence electrons. The van der Waals surface area contributed by atoms with Crippen LogP contribution in [0.4, 0.5) is 5.69 Å². The fourth-order valence-corrected chi connectivity index (χ4v) is 4.17. The molecule has 21 heavy (non-hydrogen) atoms. The van der Waals surface area contributed by atoms with Crippen LogP contribution in [0.15, 0.2) is 36.4 Å². The zero-order valence-corrected chi connectivity index (χ0v) is 12.3. The van der Waals surface area contributed by atoms with Gasteiger partial charge in [-0.3, -0.25) is 14.5 Å². The summed E-state index contributed by atoms with van der Waals surface area (Å²) in [7, 11) is 0. The van der Waals surface area contributed by atoms with Gasteiger partial charge in [0.05, 0.1) is 17.5 Å².